The van der Waals surface area contributed by atoms with Gasteiger partial charge in [-0.3, -0.25) is 0 Å². The average molecular weight is 329 g/mol. The maximum atomic E-state index is 12.3. The highest BCUT2D eigenvalue weighted by Crippen LogP contribution is 2.42. The van der Waals surface area contributed by atoms with Gasteiger partial charge in [-0.2, -0.15) is 4.79 Å². The van der Waals surface area contributed by atoms with Gasteiger partial charge in [0.05, 0.1) is 25.5 Å². The second kappa shape index (κ2) is 6.27. The fourth-order valence-corrected chi connectivity index (χ4v) is 2.85. The lowest BCUT2D eigenvalue weighted by Crippen LogP contribution is -2.22. The van der Waals surface area contributed by atoms with Crippen molar-refractivity contribution in [2.45, 2.75) is 19.8 Å². The van der Waals surface area contributed by atoms with Crippen LogP contribution in [0.2, 0.25) is 0 Å². The van der Waals surface area contributed by atoms with Crippen LogP contribution in [0.25, 0.3) is 0 Å². The van der Waals surface area contributed by atoms with Crippen LogP contribution in [-0.2, 0) is 4.74 Å². The first-order valence-electron chi connectivity index (χ1n) is 7.59. The van der Waals surface area contributed by atoms with Gasteiger partial charge in [0.25, 0.3) is 0 Å². The molecule has 1 atom stereocenters. The molecule has 0 spiro atoms. The second-order valence-electron chi connectivity index (χ2n) is 5.42. The van der Waals surface area contributed by atoms with Gasteiger partial charge in [-0.1, -0.05) is 12.1 Å². The van der Waals surface area contributed by atoms with E-state index in [2.05, 4.69) is 5.10 Å². The van der Waals surface area contributed by atoms with Gasteiger partial charge in [0.2, 0.25) is 5.88 Å². The Morgan fingerprint density at radius 1 is 1.38 bits per heavy atom. The van der Waals surface area contributed by atoms with E-state index in [0.29, 0.717) is 11.4 Å². The summed E-state index contributed by atoms with van der Waals surface area (Å²) < 4.78 is 15.8. The molecule has 0 saturated carbocycles. The van der Waals surface area contributed by atoms with E-state index in [1.807, 2.05) is 31.2 Å². The smallest absolute Gasteiger partial charge is 0.359 e. The molecule has 0 unspecified atom stereocenters. The van der Waals surface area contributed by atoms with Gasteiger partial charge in [0, 0.05) is 5.92 Å². The van der Waals surface area contributed by atoms with Crippen LogP contribution >= 0.6 is 0 Å². The van der Waals surface area contributed by atoms with E-state index in [0.717, 1.165) is 21.7 Å². The summed E-state index contributed by atoms with van der Waals surface area (Å²) in [5.74, 6) is 6.21. The number of allylic oxidation sites excluding steroid dienone is 1. The zero-order valence-electron chi connectivity index (χ0n) is 13.8. The number of fused-ring (bicyclic) bond motifs is 1. The minimum Gasteiger partial charge on any atom is -0.497 e. The van der Waals surface area contributed by atoms with Gasteiger partial charge in [0.1, 0.15) is 5.75 Å². The van der Waals surface area contributed by atoms with E-state index in [9.17, 15) is 4.79 Å². The predicted molar refractivity (Wildman–Crippen MR) is 87.6 cm³/mol. The molecule has 126 valence electrons. The minimum absolute atomic E-state index is 0.195. The average Bonchev–Trinajstić information content (AvgIpc) is 2.91. The molecule has 1 aliphatic rings. The molecule has 1 aliphatic heterocycles. The molecule has 1 aromatic heterocycles. The first kappa shape index (κ1) is 15.9. The molecule has 7 heteroatoms. The van der Waals surface area contributed by atoms with E-state index < -0.39 is 5.97 Å². The Kier molecular flexibility index (Phi) is 4.16. The number of carbonyl (C=O) groups is 1. The fraction of sp³-hybridized carbons (Fsp3) is 0.294. The molecule has 0 bridgehead atoms. The number of hydrogen-bond acceptors (Lipinski definition) is 6. The van der Waals surface area contributed by atoms with E-state index >= 15 is 0 Å². The Hall–Kier alpha value is -2.96. The molecule has 2 aromatic rings. The van der Waals surface area contributed by atoms with Crippen LogP contribution in [0.1, 0.15) is 41.4 Å². The molecule has 3 rings (SSSR count). The number of nitrogens with zero attached hydrogens (tertiary/aromatic N) is 2. The summed E-state index contributed by atoms with van der Waals surface area (Å²) in [4.78, 5) is 13.3. The van der Waals surface area contributed by atoms with E-state index in [1.165, 1.54) is 0 Å². The third kappa shape index (κ3) is 2.58. The van der Waals surface area contributed by atoms with Crippen LogP contribution in [0.4, 0.5) is 0 Å². The summed E-state index contributed by atoms with van der Waals surface area (Å²) >= 11 is 0. The summed E-state index contributed by atoms with van der Waals surface area (Å²) in [7, 11) is 1.62. The first-order chi connectivity index (χ1) is 11.6. The van der Waals surface area contributed by atoms with Gasteiger partial charge in [-0.25, -0.2) is 4.79 Å². The van der Waals surface area contributed by atoms with Crippen molar-refractivity contribution in [1.29, 1.82) is 0 Å². The summed E-state index contributed by atoms with van der Waals surface area (Å²) in [6, 6.07) is 7.63. The number of esters is 1. The molecular formula is C17H19N3O4. The molecule has 1 aromatic carbocycles. The van der Waals surface area contributed by atoms with Crippen LogP contribution in [0.15, 0.2) is 36.1 Å². The Labute approximate surface area is 139 Å². The van der Waals surface area contributed by atoms with Crippen LogP contribution < -0.4 is 15.3 Å². The summed E-state index contributed by atoms with van der Waals surface area (Å²) in [6.07, 6.45) is 1.62. The highest BCUT2D eigenvalue weighted by molar-refractivity contribution is 5.91. The number of ether oxygens (including phenoxy) is 3. The van der Waals surface area contributed by atoms with Crippen LogP contribution in [-0.4, -0.2) is 29.6 Å². The second-order valence-corrected chi connectivity index (χ2v) is 5.42. The molecule has 7 nitrogen and oxygen atoms in total. The van der Waals surface area contributed by atoms with Crippen molar-refractivity contribution in [2.24, 2.45) is 0 Å². The van der Waals surface area contributed by atoms with Crippen molar-refractivity contribution in [1.82, 2.24) is 9.89 Å². The molecule has 2 heterocycles. The van der Waals surface area contributed by atoms with Crippen molar-refractivity contribution in [3.05, 3.63) is 52.9 Å². The van der Waals surface area contributed by atoms with Crippen molar-refractivity contribution >= 4 is 5.97 Å². The third-order valence-corrected chi connectivity index (χ3v) is 3.93. The number of aromatic nitrogens is 2. The largest absolute Gasteiger partial charge is 0.497 e. The van der Waals surface area contributed by atoms with Crippen molar-refractivity contribution < 1.29 is 19.0 Å². The third-order valence-electron chi connectivity index (χ3n) is 3.93. The zero-order chi connectivity index (χ0) is 17.3. The number of hydrogen-bond donors (Lipinski definition) is 1. The Bertz CT molecular complexity index is 793. The Morgan fingerprint density at radius 2 is 2.08 bits per heavy atom. The number of nitrogens with two attached hydrogens (primary N) is 1. The number of carbonyl (C=O) groups excluding carboxylic acids is 1. The molecule has 0 aliphatic carbocycles. The summed E-state index contributed by atoms with van der Waals surface area (Å²) in [6.45, 7) is 3.92. The number of rotatable bonds is 4. The molecule has 0 saturated heterocycles. The molecule has 24 heavy (non-hydrogen) atoms. The highest BCUT2D eigenvalue weighted by atomic mass is 16.5. The lowest BCUT2D eigenvalue weighted by atomic mass is 9.85. The van der Waals surface area contributed by atoms with Gasteiger partial charge in [-0.15, -0.1) is 5.10 Å². The molecule has 2 N–H and O–H groups in total. The van der Waals surface area contributed by atoms with E-state index in [1.54, 1.807) is 20.3 Å². The fourth-order valence-electron chi connectivity index (χ4n) is 2.85. The maximum Gasteiger partial charge on any atom is 0.359 e. The summed E-state index contributed by atoms with van der Waals surface area (Å²) in [5.41, 5.74) is 2.72. The Balaban J connectivity index is 2.12. The van der Waals surface area contributed by atoms with Crippen molar-refractivity contribution in [2.75, 3.05) is 19.6 Å². The molecule has 0 radical (unpaired) electrons. The van der Waals surface area contributed by atoms with Gasteiger partial charge in [-0.05, 0) is 37.1 Å². The molecular weight excluding hydrogens is 310 g/mol. The van der Waals surface area contributed by atoms with Gasteiger partial charge >= 0.3 is 5.97 Å². The number of methoxy groups -OCH3 is 1. The highest BCUT2D eigenvalue weighted by Gasteiger charge is 2.35. The normalized spacial score (nSPS) is 16.0. The van der Waals surface area contributed by atoms with Crippen LogP contribution in [0.5, 0.6) is 11.6 Å². The van der Waals surface area contributed by atoms with E-state index in [-0.39, 0.29) is 18.2 Å². The first-order valence-corrected chi connectivity index (χ1v) is 7.59. The van der Waals surface area contributed by atoms with E-state index in [4.69, 9.17) is 20.1 Å². The number of nitrogen functional groups attached to an aromatic ring is 1. The maximum absolute atomic E-state index is 12.3. The topological polar surface area (TPSA) is 88.6 Å². The van der Waals surface area contributed by atoms with Crippen molar-refractivity contribution in [3.8, 4) is 11.6 Å². The SMILES string of the molecule is CCOC(=O)c1c2c(nn1N)OC=C(C)[C@@H]2c1ccc(OC)cc1. The Morgan fingerprint density at radius 3 is 2.71 bits per heavy atom. The number of benzene rings is 1. The van der Waals surface area contributed by atoms with Crippen LogP contribution in [0, 0.1) is 0 Å². The lowest BCUT2D eigenvalue weighted by molar-refractivity contribution is 0.0513. The van der Waals surface area contributed by atoms with Gasteiger partial charge < -0.3 is 20.1 Å². The summed E-state index contributed by atoms with van der Waals surface area (Å²) in [5, 5.41) is 4.10. The monoisotopic (exact) mass is 329 g/mol. The minimum atomic E-state index is -0.523. The zero-order valence-corrected chi connectivity index (χ0v) is 13.8. The van der Waals surface area contributed by atoms with Crippen LogP contribution in [0.3, 0.4) is 0 Å². The van der Waals surface area contributed by atoms with Crippen molar-refractivity contribution in [3.63, 3.8) is 0 Å². The predicted octanol–water partition coefficient (Wildman–Crippen LogP) is 2.21. The standard InChI is InChI=1S/C17H19N3O4/c1-4-23-17(21)15-14-13(11-5-7-12(22-3)8-6-11)10(2)9-24-16(14)19-20(15)18/h5-9,13H,4,18H2,1-3H3/t13-/m1/s1. The lowest BCUT2D eigenvalue weighted by Gasteiger charge is -2.23. The molecule has 0 fully saturated rings. The van der Waals surface area contributed by atoms with Gasteiger partial charge in [0.15, 0.2) is 5.69 Å². The quantitative estimate of drug-likeness (QED) is 0.683. The molecule has 0 amide bonds.